The largest absolute Gasteiger partial charge is 0.417 e. The van der Waals surface area contributed by atoms with Gasteiger partial charge in [0.05, 0.1) is 16.6 Å². The molecule has 0 saturated carbocycles. The number of benzene rings is 2. The van der Waals surface area contributed by atoms with Crippen molar-refractivity contribution in [3.05, 3.63) is 64.4 Å². The van der Waals surface area contributed by atoms with Gasteiger partial charge in [0.25, 0.3) is 0 Å². The first kappa shape index (κ1) is 15.6. The lowest BCUT2D eigenvalue weighted by atomic mass is 10.1. The molecule has 0 spiro atoms. The van der Waals surface area contributed by atoms with Gasteiger partial charge in [0.2, 0.25) is 0 Å². The zero-order chi connectivity index (χ0) is 15.6. The van der Waals surface area contributed by atoms with Crippen LogP contribution in [0.3, 0.4) is 0 Å². The molecular weight excluding hydrogens is 306 g/mol. The van der Waals surface area contributed by atoms with Crippen molar-refractivity contribution in [3.63, 3.8) is 0 Å². The van der Waals surface area contributed by atoms with Crippen LogP contribution in [0.2, 0.25) is 5.02 Å². The molecule has 0 aliphatic heterocycles. The maximum absolute atomic E-state index is 13.6. The highest BCUT2D eigenvalue weighted by molar-refractivity contribution is 6.31. The van der Waals surface area contributed by atoms with Crippen LogP contribution < -0.4 is 5.32 Å². The summed E-state index contributed by atoms with van der Waals surface area (Å²) in [6.45, 7) is 1.67. The van der Waals surface area contributed by atoms with Crippen LogP contribution in [0.15, 0.2) is 42.5 Å². The molecule has 1 unspecified atom stereocenters. The standard InChI is InChI=1S/C15H12ClF4N/c1-9(11-4-2-3-5-14(11)17)21-10-6-7-13(16)12(8-10)15(18,19)20/h2-9,21H,1H3. The summed E-state index contributed by atoms with van der Waals surface area (Å²) in [5, 5.41) is 2.47. The molecule has 112 valence electrons. The first-order chi connectivity index (χ1) is 9.79. The molecule has 0 aromatic heterocycles. The molecular formula is C15H12ClF4N. The van der Waals surface area contributed by atoms with E-state index < -0.39 is 23.6 Å². The van der Waals surface area contributed by atoms with E-state index >= 15 is 0 Å². The minimum absolute atomic E-state index is 0.225. The maximum atomic E-state index is 13.6. The normalized spacial score (nSPS) is 13.0. The fourth-order valence-corrected chi connectivity index (χ4v) is 2.21. The van der Waals surface area contributed by atoms with Crippen LogP contribution in [0.1, 0.15) is 24.1 Å². The van der Waals surface area contributed by atoms with Crippen LogP contribution in [0, 0.1) is 5.82 Å². The predicted octanol–water partition coefficient (Wildman–Crippen LogP) is 5.67. The van der Waals surface area contributed by atoms with Gasteiger partial charge in [-0.25, -0.2) is 4.39 Å². The molecule has 2 rings (SSSR count). The van der Waals surface area contributed by atoms with E-state index in [1.54, 1.807) is 25.1 Å². The Kier molecular flexibility index (Phi) is 4.42. The zero-order valence-electron chi connectivity index (χ0n) is 11.0. The minimum Gasteiger partial charge on any atom is -0.378 e. The first-order valence-corrected chi connectivity index (χ1v) is 6.54. The third-order valence-corrected chi connectivity index (χ3v) is 3.36. The summed E-state index contributed by atoms with van der Waals surface area (Å²) in [7, 11) is 0. The van der Waals surface area contributed by atoms with Crippen molar-refractivity contribution in [1.29, 1.82) is 0 Å². The molecule has 0 amide bonds. The second-order valence-corrected chi connectivity index (χ2v) is 4.99. The lowest BCUT2D eigenvalue weighted by molar-refractivity contribution is -0.137. The summed E-state index contributed by atoms with van der Waals surface area (Å²) < 4.78 is 52.0. The number of halogens is 5. The van der Waals surface area contributed by atoms with E-state index in [1.165, 1.54) is 18.2 Å². The lowest BCUT2D eigenvalue weighted by Gasteiger charge is -2.18. The second-order valence-electron chi connectivity index (χ2n) is 4.58. The van der Waals surface area contributed by atoms with E-state index in [0.29, 0.717) is 5.56 Å². The average molecular weight is 318 g/mol. The molecule has 1 nitrogen and oxygen atoms in total. The van der Waals surface area contributed by atoms with Crippen LogP contribution >= 0.6 is 11.6 Å². The lowest BCUT2D eigenvalue weighted by Crippen LogP contribution is -2.11. The summed E-state index contributed by atoms with van der Waals surface area (Å²) in [5.41, 5.74) is -0.321. The van der Waals surface area contributed by atoms with Crippen molar-refractivity contribution in [3.8, 4) is 0 Å². The number of hydrogen-bond donors (Lipinski definition) is 1. The Balaban J connectivity index is 2.26. The number of alkyl halides is 3. The topological polar surface area (TPSA) is 12.0 Å². The van der Waals surface area contributed by atoms with E-state index in [1.807, 2.05) is 0 Å². The Morgan fingerprint density at radius 3 is 2.38 bits per heavy atom. The molecule has 0 heterocycles. The van der Waals surface area contributed by atoms with Crippen molar-refractivity contribution < 1.29 is 17.6 Å². The van der Waals surface area contributed by atoms with Crippen LogP contribution in [0.25, 0.3) is 0 Å². The van der Waals surface area contributed by atoms with Crippen molar-refractivity contribution in [2.75, 3.05) is 5.32 Å². The van der Waals surface area contributed by atoms with E-state index in [2.05, 4.69) is 5.32 Å². The molecule has 0 radical (unpaired) electrons. The van der Waals surface area contributed by atoms with Crippen LogP contribution in [0.4, 0.5) is 23.2 Å². The molecule has 0 bridgehead atoms. The summed E-state index contributed by atoms with van der Waals surface area (Å²) in [6.07, 6.45) is -4.53. The SMILES string of the molecule is CC(Nc1ccc(Cl)c(C(F)(F)F)c1)c1ccccc1F. The summed E-state index contributed by atoms with van der Waals surface area (Å²) in [4.78, 5) is 0. The van der Waals surface area contributed by atoms with Gasteiger partial charge in [0.15, 0.2) is 0 Å². The number of anilines is 1. The molecule has 0 fully saturated rings. The van der Waals surface area contributed by atoms with Gasteiger partial charge < -0.3 is 5.32 Å². The van der Waals surface area contributed by atoms with Crippen LogP contribution in [-0.2, 0) is 6.18 Å². The maximum Gasteiger partial charge on any atom is 0.417 e. The Labute approximate surface area is 124 Å². The molecule has 6 heteroatoms. The fourth-order valence-electron chi connectivity index (χ4n) is 1.99. The Morgan fingerprint density at radius 2 is 1.76 bits per heavy atom. The second kappa shape index (κ2) is 5.93. The highest BCUT2D eigenvalue weighted by atomic mass is 35.5. The van der Waals surface area contributed by atoms with Gasteiger partial charge in [0, 0.05) is 11.3 Å². The van der Waals surface area contributed by atoms with Crippen LogP contribution in [-0.4, -0.2) is 0 Å². The molecule has 0 saturated heterocycles. The first-order valence-electron chi connectivity index (χ1n) is 6.16. The minimum atomic E-state index is -4.53. The van der Waals surface area contributed by atoms with E-state index in [4.69, 9.17) is 11.6 Å². The van der Waals surface area contributed by atoms with Crippen molar-refractivity contribution in [1.82, 2.24) is 0 Å². The molecule has 21 heavy (non-hydrogen) atoms. The summed E-state index contributed by atoms with van der Waals surface area (Å²) in [6, 6.07) is 9.13. The molecule has 0 aliphatic carbocycles. The van der Waals surface area contributed by atoms with Gasteiger partial charge in [0.1, 0.15) is 5.82 Å². The van der Waals surface area contributed by atoms with E-state index in [-0.39, 0.29) is 10.7 Å². The summed E-state index contributed by atoms with van der Waals surface area (Å²) in [5.74, 6) is -0.414. The van der Waals surface area contributed by atoms with Gasteiger partial charge in [-0.2, -0.15) is 13.2 Å². The van der Waals surface area contributed by atoms with Crippen molar-refractivity contribution in [2.24, 2.45) is 0 Å². The zero-order valence-corrected chi connectivity index (χ0v) is 11.8. The molecule has 1 N–H and O–H groups in total. The smallest absolute Gasteiger partial charge is 0.378 e. The number of nitrogens with one attached hydrogen (secondary N) is 1. The Hall–Kier alpha value is -1.75. The quantitative estimate of drug-likeness (QED) is 0.719. The monoisotopic (exact) mass is 317 g/mol. The van der Waals surface area contributed by atoms with Gasteiger partial charge in [-0.15, -0.1) is 0 Å². The highest BCUT2D eigenvalue weighted by Gasteiger charge is 2.33. The molecule has 0 aliphatic rings. The predicted molar refractivity (Wildman–Crippen MR) is 74.9 cm³/mol. The van der Waals surface area contributed by atoms with Crippen molar-refractivity contribution >= 4 is 17.3 Å². The average Bonchev–Trinajstić information content (AvgIpc) is 2.40. The van der Waals surface area contributed by atoms with E-state index in [9.17, 15) is 17.6 Å². The third kappa shape index (κ3) is 3.67. The molecule has 1 atom stereocenters. The Bertz CT molecular complexity index is 640. The fraction of sp³-hybridized carbons (Fsp3) is 0.200. The Morgan fingerprint density at radius 1 is 1.10 bits per heavy atom. The molecule has 2 aromatic rings. The third-order valence-electron chi connectivity index (χ3n) is 3.03. The van der Waals surface area contributed by atoms with Gasteiger partial charge >= 0.3 is 6.18 Å². The number of rotatable bonds is 3. The van der Waals surface area contributed by atoms with Gasteiger partial charge in [-0.3, -0.25) is 0 Å². The van der Waals surface area contributed by atoms with Crippen molar-refractivity contribution in [2.45, 2.75) is 19.1 Å². The van der Waals surface area contributed by atoms with Gasteiger partial charge in [-0.1, -0.05) is 29.8 Å². The van der Waals surface area contributed by atoms with Gasteiger partial charge in [-0.05, 0) is 31.2 Å². The summed E-state index contributed by atoms with van der Waals surface area (Å²) >= 11 is 5.55. The number of hydrogen-bond acceptors (Lipinski definition) is 1. The van der Waals surface area contributed by atoms with E-state index in [0.717, 1.165) is 6.07 Å². The highest BCUT2D eigenvalue weighted by Crippen LogP contribution is 2.36. The molecule has 2 aromatic carbocycles. The van der Waals surface area contributed by atoms with Crippen LogP contribution in [0.5, 0.6) is 0 Å².